The van der Waals surface area contributed by atoms with Crippen molar-refractivity contribution in [3.63, 3.8) is 0 Å². The van der Waals surface area contributed by atoms with E-state index >= 15 is 0 Å². The van der Waals surface area contributed by atoms with Gasteiger partial charge in [0, 0.05) is 37.1 Å². The number of rotatable bonds is 6. The molecular formula is C16H22N2O5. The van der Waals surface area contributed by atoms with Gasteiger partial charge in [-0.25, -0.2) is 5.48 Å². The van der Waals surface area contributed by atoms with Crippen LogP contribution in [0, 0.1) is 5.92 Å². The molecule has 0 aromatic heterocycles. The zero-order valence-electron chi connectivity index (χ0n) is 13.4. The van der Waals surface area contributed by atoms with Crippen molar-refractivity contribution >= 4 is 11.8 Å². The van der Waals surface area contributed by atoms with Crippen LogP contribution >= 0.6 is 0 Å². The highest BCUT2D eigenvalue weighted by atomic mass is 16.5. The van der Waals surface area contributed by atoms with Gasteiger partial charge < -0.3 is 14.4 Å². The Bertz CT molecular complexity index is 576. The third kappa shape index (κ3) is 4.13. The average molecular weight is 322 g/mol. The lowest BCUT2D eigenvalue weighted by molar-refractivity contribution is -0.143. The summed E-state index contributed by atoms with van der Waals surface area (Å²) in [5.41, 5.74) is 2.47. The van der Waals surface area contributed by atoms with E-state index in [9.17, 15) is 9.59 Å². The molecule has 7 heteroatoms. The molecule has 1 unspecified atom stereocenters. The number of hydroxylamine groups is 1. The molecule has 126 valence electrons. The van der Waals surface area contributed by atoms with Crippen LogP contribution in [0.3, 0.4) is 0 Å². The van der Waals surface area contributed by atoms with Crippen LogP contribution in [0.15, 0.2) is 18.2 Å². The van der Waals surface area contributed by atoms with Gasteiger partial charge in [0.05, 0.1) is 14.2 Å². The molecule has 1 aliphatic rings. The predicted molar refractivity (Wildman–Crippen MR) is 82.2 cm³/mol. The number of methoxy groups -OCH3 is 2. The van der Waals surface area contributed by atoms with Crippen LogP contribution in [-0.4, -0.2) is 42.7 Å². The molecule has 23 heavy (non-hydrogen) atoms. The highest BCUT2D eigenvalue weighted by Crippen LogP contribution is 2.28. The molecule has 7 nitrogen and oxygen atoms in total. The maximum absolute atomic E-state index is 12.5. The zero-order valence-corrected chi connectivity index (χ0v) is 13.4. The fraction of sp³-hybridized carbons (Fsp3) is 0.500. The first-order valence-corrected chi connectivity index (χ1v) is 7.51. The van der Waals surface area contributed by atoms with Crippen LogP contribution in [0.4, 0.5) is 0 Å². The highest BCUT2D eigenvalue weighted by Gasteiger charge is 2.30. The minimum Gasteiger partial charge on any atom is -0.497 e. The largest absolute Gasteiger partial charge is 0.497 e. The van der Waals surface area contributed by atoms with Crippen molar-refractivity contribution in [1.82, 2.24) is 10.4 Å². The molecule has 0 radical (unpaired) electrons. The molecule has 0 aliphatic carbocycles. The molecule has 1 heterocycles. The Morgan fingerprint density at radius 2 is 2.17 bits per heavy atom. The molecule has 1 saturated heterocycles. The summed E-state index contributed by atoms with van der Waals surface area (Å²) in [5, 5.41) is 8.62. The summed E-state index contributed by atoms with van der Waals surface area (Å²) in [6.07, 6.45) is 1.49. The lowest BCUT2D eigenvalue weighted by atomic mass is 9.93. The standard InChI is InChI=1S/C16H22N2O5/c1-22-13-6-5-12(14(9-13)23-2)10-18-7-3-4-11(16(18)20)8-15(19)17-21/h5-6,9,11,21H,3-4,7-8,10H2,1-2H3,(H,17,19). The van der Waals surface area contributed by atoms with E-state index in [1.54, 1.807) is 30.7 Å². The van der Waals surface area contributed by atoms with Crippen LogP contribution in [0.1, 0.15) is 24.8 Å². The second kappa shape index (κ2) is 7.82. The SMILES string of the molecule is COc1ccc(CN2CCCC(CC(=O)NO)C2=O)c(OC)c1. The van der Waals surface area contributed by atoms with Crippen molar-refractivity contribution in [3.8, 4) is 11.5 Å². The van der Waals surface area contributed by atoms with E-state index in [1.807, 2.05) is 12.1 Å². The van der Waals surface area contributed by atoms with Crippen molar-refractivity contribution in [2.45, 2.75) is 25.8 Å². The molecule has 0 saturated carbocycles. The Balaban J connectivity index is 2.10. The lowest BCUT2D eigenvalue weighted by Crippen LogP contribution is -2.42. The van der Waals surface area contributed by atoms with Gasteiger partial charge in [-0.05, 0) is 25.0 Å². The Kier molecular flexibility index (Phi) is 5.81. The summed E-state index contributed by atoms with van der Waals surface area (Å²) >= 11 is 0. The van der Waals surface area contributed by atoms with Gasteiger partial charge in [-0.1, -0.05) is 0 Å². The molecule has 1 fully saturated rings. The van der Waals surface area contributed by atoms with Crippen molar-refractivity contribution in [3.05, 3.63) is 23.8 Å². The number of ether oxygens (including phenoxy) is 2. The maximum Gasteiger partial charge on any atom is 0.244 e. The molecular weight excluding hydrogens is 300 g/mol. The van der Waals surface area contributed by atoms with Gasteiger partial charge in [0.1, 0.15) is 11.5 Å². The van der Waals surface area contributed by atoms with E-state index in [2.05, 4.69) is 0 Å². The quantitative estimate of drug-likeness (QED) is 0.609. The summed E-state index contributed by atoms with van der Waals surface area (Å²) < 4.78 is 10.5. The third-order valence-corrected chi connectivity index (χ3v) is 4.05. The summed E-state index contributed by atoms with van der Waals surface area (Å²) in [7, 11) is 3.16. The number of nitrogens with zero attached hydrogens (tertiary/aromatic N) is 1. The van der Waals surface area contributed by atoms with E-state index in [0.717, 1.165) is 12.0 Å². The maximum atomic E-state index is 12.5. The van der Waals surface area contributed by atoms with E-state index in [1.165, 1.54) is 0 Å². The number of hydrogen-bond donors (Lipinski definition) is 2. The van der Waals surface area contributed by atoms with Gasteiger partial charge >= 0.3 is 0 Å². The smallest absolute Gasteiger partial charge is 0.244 e. The second-order valence-corrected chi connectivity index (χ2v) is 5.52. The Morgan fingerprint density at radius 3 is 2.83 bits per heavy atom. The van der Waals surface area contributed by atoms with Gasteiger partial charge in [-0.15, -0.1) is 0 Å². The van der Waals surface area contributed by atoms with Gasteiger partial charge in [0.25, 0.3) is 0 Å². The topological polar surface area (TPSA) is 88.1 Å². The first kappa shape index (κ1) is 17.1. The third-order valence-electron chi connectivity index (χ3n) is 4.05. The number of amides is 2. The fourth-order valence-electron chi connectivity index (χ4n) is 2.82. The fourth-order valence-corrected chi connectivity index (χ4v) is 2.82. The normalized spacial score (nSPS) is 17.8. The van der Waals surface area contributed by atoms with Gasteiger partial charge in [0.15, 0.2) is 0 Å². The van der Waals surface area contributed by atoms with Gasteiger partial charge in [-0.3, -0.25) is 14.8 Å². The second-order valence-electron chi connectivity index (χ2n) is 5.52. The Morgan fingerprint density at radius 1 is 1.39 bits per heavy atom. The molecule has 1 aromatic carbocycles. The number of carbonyl (C=O) groups excluding carboxylic acids is 2. The minimum absolute atomic E-state index is 0.00554. The summed E-state index contributed by atoms with van der Waals surface area (Å²) in [6.45, 7) is 1.06. The minimum atomic E-state index is -0.535. The molecule has 2 amide bonds. The van der Waals surface area contributed by atoms with Crippen molar-refractivity contribution in [2.75, 3.05) is 20.8 Å². The van der Waals surface area contributed by atoms with E-state index in [0.29, 0.717) is 31.0 Å². The van der Waals surface area contributed by atoms with Gasteiger partial charge in [-0.2, -0.15) is 0 Å². The van der Waals surface area contributed by atoms with Crippen LogP contribution in [-0.2, 0) is 16.1 Å². The molecule has 1 aliphatic heterocycles. The molecule has 1 atom stereocenters. The summed E-state index contributed by atoms with van der Waals surface area (Å²) in [4.78, 5) is 25.5. The number of benzene rings is 1. The first-order valence-electron chi connectivity index (χ1n) is 7.51. The average Bonchev–Trinajstić information content (AvgIpc) is 2.58. The van der Waals surface area contributed by atoms with Crippen LogP contribution < -0.4 is 15.0 Å². The number of nitrogens with one attached hydrogen (secondary N) is 1. The number of carbonyl (C=O) groups is 2. The monoisotopic (exact) mass is 322 g/mol. The predicted octanol–water partition coefficient (Wildman–Crippen LogP) is 1.34. The molecule has 1 aromatic rings. The van der Waals surface area contributed by atoms with Crippen LogP contribution in [0.25, 0.3) is 0 Å². The zero-order chi connectivity index (χ0) is 16.8. The summed E-state index contributed by atoms with van der Waals surface area (Å²) in [5.74, 6) is 0.352. The molecule has 2 N–H and O–H groups in total. The number of hydrogen-bond acceptors (Lipinski definition) is 5. The van der Waals surface area contributed by atoms with E-state index in [-0.39, 0.29) is 18.2 Å². The van der Waals surface area contributed by atoms with Crippen molar-refractivity contribution in [1.29, 1.82) is 0 Å². The lowest BCUT2D eigenvalue weighted by Gasteiger charge is -2.32. The Hall–Kier alpha value is -2.28. The molecule has 0 spiro atoms. The number of likely N-dealkylation sites (tertiary alicyclic amines) is 1. The van der Waals surface area contributed by atoms with Crippen molar-refractivity contribution in [2.24, 2.45) is 5.92 Å². The highest BCUT2D eigenvalue weighted by molar-refractivity contribution is 5.85. The summed E-state index contributed by atoms with van der Waals surface area (Å²) in [6, 6.07) is 5.47. The molecule has 2 rings (SSSR count). The van der Waals surface area contributed by atoms with Crippen LogP contribution in [0.5, 0.6) is 11.5 Å². The Labute approximate surface area is 135 Å². The first-order chi connectivity index (χ1) is 11.1. The van der Waals surface area contributed by atoms with Crippen LogP contribution in [0.2, 0.25) is 0 Å². The number of piperidine rings is 1. The molecule has 0 bridgehead atoms. The van der Waals surface area contributed by atoms with Gasteiger partial charge in [0.2, 0.25) is 11.8 Å². The van der Waals surface area contributed by atoms with E-state index in [4.69, 9.17) is 14.7 Å². The van der Waals surface area contributed by atoms with E-state index < -0.39 is 5.91 Å². The van der Waals surface area contributed by atoms with Crippen molar-refractivity contribution < 1.29 is 24.3 Å².